The highest BCUT2D eigenvalue weighted by Crippen LogP contribution is 2.21. The maximum absolute atomic E-state index is 4.24. The Labute approximate surface area is 85.5 Å². The van der Waals surface area contributed by atoms with Crippen molar-refractivity contribution in [2.45, 2.75) is 19.8 Å². The third kappa shape index (κ3) is 1.61. The summed E-state index contributed by atoms with van der Waals surface area (Å²) in [4.78, 5) is 0. The lowest BCUT2D eigenvalue weighted by Crippen LogP contribution is -1.82. The number of nitrogens with zero attached hydrogens (tertiary/aromatic N) is 1. The van der Waals surface area contributed by atoms with Gasteiger partial charge in [-0.15, -0.1) is 0 Å². The second-order valence-corrected chi connectivity index (χ2v) is 4.03. The van der Waals surface area contributed by atoms with Crippen molar-refractivity contribution in [1.29, 1.82) is 0 Å². The normalized spacial score (nSPS) is 10.9. The Kier molecular flexibility index (Phi) is 2.36. The van der Waals surface area contributed by atoms with Gasteiger partial charge in [0.25, 0.3) is 0 Å². The standard InChI is InChI=1S/C10H11BrN2/c1-2-3-9-8-5-4-7(11)6-10(8)13-12-9/h4-6H,2-3H2,1H3,(H,12,13). The van der Waals surface area contributed by atoms with Crippen molar-refractivity contribution < 1.29 is 0 Å². The fraction of sp³-hybridized carbons (Fsp3) is 0.300. The Hall–Kier alpha value is -0.830. The molecule has 1 aromatic carbocycles. The Morgan fingerprint density at radius 2 is 2.31 bits per heavy atom. The number of H-pyrrole nitrogens is 1. The fourth-order valence-electron chi connectivity index (χ4n) is 1.48. The van der Waals surface area contributed by atoms with Gasteiger partial charge < -0.3 is 0 Å². The maximum atomic E-state index is 4.24. The number of benzene rings is 1. The van der Waals surface area contributed by atoms with Crippen LogP contribution in [-0.4, -0.2) is 10.2 Å². The summed E-state index contributed by atoms with van der Waals surface area (Å²) >= 11 is 3.43. The minimum absolute atomic E-state index is 1.04. The van der Waals surface area contributed by atoms with Crippen molar-refractivity contribution in [3.05, 3.63) is 28.4 Å². The van der Waals surface area contributed by atoms with Gasteiger partial charge in [0.1, 0.15) is 0 Å². The van der Waals surface area contributed by atoms with Crippen LogP contribution in [0.25, 0.3) is 10.9 Å². The zero-order chi connectivity index (χ0) is 9.26. The largest absolute Gasteiger partial charge is 0.281 e. The van der Waals surface area contributed by atoms with Crippen molar-refractivity contribution in [3.8, 4) is 0 Å². The summed E-state index contributed by atoms with van der Waals surface area (Å²) in [7, 11) is 0. The summed E-state index contributed by atoms with van der Waals surface area (Å²) in [5, 5.41) is 8.55. The van der Waals surface area contributed by atoms with Crippen LogP contribution < -0.4 is 0 Å². The van der Waals surface area contributed by atoms with Gasteiger partial charge in [0, 0.05) is 15.6 Å². The van der Waals surface area contributed by atoms with Crippen LogP contribution in [-0.2, 0) is 6.42 Å². The third-order valence-electron chi connectivity index (χ3n) is 2.10. The first kappa shape index (κ1) is 8.75. The molecule has 13 heavy (non-hydrogen) atoms. The molecule has 0 bridgehead atoms. The number of hydrogen-bond acceptors (Lipinski definition) is 1. The summed E-state index contributed by atoms with van der Waals surface area (Å²) in [5.41, 5.74) is 2.28. The summed E-state index contributed by atoms with van der Waals surface area (Å²) in [6.45, 7) is 2.17. The highest BCUT2D eigenvalue weighted by Gasteiger charge is 2.03. The van der Waals surface area contributed by atoms with Crippen molar-refractivity contribution >= 4 is 26.8 Å². The molecule has 2 rings (SSSR count). The summed E-state index contributed by atoms with van der Waals surface area (Å²) < 4.78 is 1.08. The van der Waals surface area contributed by atoms with Crippen LogP contribution in [0.2, 0.25) is 0 Å². The molecule has 0 atom stereocenters. The van der Waals surface area contributed by atoms with E-state index in [9.17, 15) is 0 Å². The van der Waals surface area contributed by atoms with E-state index in [2.05, 4.69) is 45.2 Å². The van der Waals surface area contributed by atoms with Gasteiger partial charge in [-0.05, 0) is 24.6 Å². The molecule has 2 aromatic rings. The summed E-state index contributed by atoms with van der Waals surface area (Å²) in [5.74, 6) is 0. The summed E-state index contributed by atoms with van der Waals surface area (Å²) in [6.07, 6.45) is 2.21. The zero-order valence-corrected chi connectivity index (χ0v) is 9.06. The number of halogens is 1. The van der Waals surface area contributed by atoms with E-state index in [1.54, 1.807) is 0 Å². The second-order valence-electron chi connectivity index (χ2n) is 3.11. The van der Waals surface area contributed by atoms with Crippen LogP contribution >= 0.6 is 15.9 Å². The highest BCUT2D eigenvalue weighted by atomic mass is 79.9. The SMILES string of the molecule is CCCc1[nH]nc2cc(Br)ccc12. The van der Waals surface area contributed by atoms with E-state index in [4.69, 9.17) is 0 Å². The summed E-state index contributed by atoms with van der Waals surface area (Å²) in [6, 6.07) is 6.19. The smallest absolute Gasteiger partial charge is 0.0934 e. The Bertz CT molecular complexity index is 420. The van der Waals surface area contributed by atoms with Gasteiger partial charge in [-0.2, -0.15) is 5.10 Å². The number of hydrogen-bond donors (Lipinski definition) is 1. The molecule has 1 N–H and O–H groups in total. The maximum Gasteiger partial charge on any atom is 0.0934 e. The second kappa shape index (κ2) is 3.50. The minimum Gasteiger partial charge on any atom is -0.281 e. The Balaban J connectivity index is 2.55. The average Bonchev–Trinajstić information content (AvgIpc) is 2.49. The molecular formula is C10H11BrN2. The van der Waals surface area contributed by atoms with E-state index in [1.807, 2.05) is 6.07 Å². The molecule has 0 amide bonds. The van der Waals surface area contributed by atoms with Gasteiger partial charge in [0.15, 0.2) is 0 Å². The molecule has 0 aliphatic heterocycles. The van der Waals surface area contributed by atoms with Gasteiger partial charge in [0.05, 0.1) is 5.52 Å². The average molecular weight is 239 g/mol. The van der Waals surface area contributed by atoms with Gasteiger partial charge in [-0.25, -0.2) is 0 Å². The molecule has 0 saturated heterocycles. The topological polar surface area (TPSA) is 28.7 Å². The molecule has 1 aromatic heterocycles. The Morgan fingerprint density at radius 1 is 1.46 bits per heavy atom. The van der Waals surface area contributed by atoms with Crippen LogP contribution in [0.15, 0.2) is 22.7 Å². The predicted molar refractivity (Wildman–Crippen MR) is 57.8 cm³/mol. The van der Waals surface area contributed by atoms with E-state index >= 15 is 0 Å². The highest BCUT2D eigenvalue weighted by molar-refractivity contribution is 9.10. The molecule has 0 saturated carbocycles. The van der Waals surface area contributed by atoms with Crippen molar-refractivity contribution in [2.75, 3.05) is 0 Å². The molecule has 1 heterocycles. The number of aromatic nitrogens is 2. The lowest BCUT2D eigenvalue weighted by molar-refractivity contribution is 0.874. The first-order valence-corrected chi connectivity index (χ1v) is 5.23. The number of fused-ring (bicyclic) bond motifs is 1. The first-order valence-electron chi connectivity index (χ1n) is 4.43. The van der Waals surface area contributed by atoms with Crippen LogP contribution in [0.3, 0.4) is 0 Å². The quantitative estimate of drug-likeness (QED) is 0.855. The van der Waals surface area contributed by atoms with Crippen molar-refractivity contribution in [3.63, 3.8) is 0 Å². The first-order chi connectivity index (χ1) is 6.31. The van der Waals surface area contributed by atoms with Gasteiger partial charge in [-0.3, -0.25) is 5.10 Å². The minimum atomic E-state index is 1.04. The molecule has 0 aliphatic carbocycles. The van der Waals surface area contributed by atoms with E-state index in [-0.39, 0.29) is 0 Å². The number of rotatable bonds is 2. The van der Waals surface area contributed by atoms with Gasteiger partial charge >= 0.3 is 0 Å². The number of aryl methyl sites for hydroxylation is 1. The predicted octanol–water partition coefficient (Wildman–Crippen LogP) is 3.28. The molecular weight excluding hydrogens is 228 g/mol. The lowest BCUT2D eigenvalue weighted by atomic mass is 10.1. The molecule has 0 fully saturated rings. The Morgan fingerprint density at radius 3 is 3.08 bits per heavy atom. The molecule has 0 unspecified atom stereocenters. The fourth-order valence-corrected chi connectivity index (χ4v) is 1.83. The number of nitrogens with one attached hydrogen (secondary N) is 1. The molecule has 0 aliphatic rings. The van der Waals surface area contributed by atoms with Gasteiger partial charge in [-0.1, -0.05) is 29.3 Å². The molecule has 0 spiro atoms. The van der Waals surface area contributed by atoms with E-state index in [0.29, 0.717) is 0 Å². The van der Waals surface area contributed by atoms with E-state index in [0.717, 1.165) is 22.8 Å². The molecule has 68 valence electrons. The van der Waals surface area contributed by atoms with E-state index in [1.165, 1.54) is 11.1 Å². The monoisotopic (exact) mass is 238 g/mol. The molecule has 0 radical (unpaired) electrons. The number of aromatic amines is 1. The van der Waals surface area contributed by atoms with E-state index < -0.39 is 0 Å². The van der Waals surface area contributed by atoms with Crippen LogP contribution in [0.4, 0.5) is 0 Å². The van der Waals surface area contributed by atoms with Crippen LogP contribution in [0, 0.1) is 0 Å². The van der Waals surface area contributed by atoms with Crippen molar-refractivity contribution in [2.24, 2.45) is 0 Å². The van der Waals surface area contributed by atoms with Crippen LogP contribution in [0.5, 0.6) is 0 Å². The third-order valence-corrected chi connectivity index (χ3v) is 2.59. The van der Waals surface area contributed by atoms with Crippen LogP contribution in [0.1, 0.15) is 19.0 Å². The lowest BCUT2D eigenvalue weighted by Gasteiger charge is -1.94. The zero-order valence-electron chi connectivity index (χ0n) is 7.47. The van der Waals surface area contributed by atoms with Gasteiger partial charge in [0.2, 0.25) is 0 Å². The molecule has 2 nitrogen and oxygen atoms in total. The van der Waals surface area contributed by atoms with Crippen molar-refractivity contribution in [1.82, 2.24) is 10.2 Å². The molecule has 3 heteroatoms.